The molecule has 0 aliphatic carbocycles. The molecule has 3 rings (SSSR count). The highest BCUT2D eigenvalue weighted by atomic mass is 35.5. The van der Waals surface area contributed by atoms with Gasteiger partial charge < -0.3 is 0 Å². The number of rotatable bonds is 3. The summed E-state index contributed by atoms with van der Waals surface area (Å²) < 4.78 is 5.14. The number of nitrogens with zero attached hydrogens (tertiary/aromatic N) is 2. The predicted molar refractivity (Wildman–Crippen MR) is 82.4 cm³/mol. The van der Waals surface area contributed by atoms with Crippen molar-refractivity contribution in [2.75, 3.05) is 0 Å². The van der Waals surface area contributed by atoms with Gasteiger partial charge in [-0.2, -0.15) is 0 Å². The molecule has 0 aliphatic rings. The minimum atomic E-state index is -0.0221. The summed E-state index contributed by atoms with van der Waals surface area (Å²) in [6.07, 6.45) is 0. The van der Waals surface area contributed by atoms with E-state index in [0.29, 0.717) is 15.7 Å². The lowest BCUT2D eigenvalue weighted by Crippen LogP contribution is -1.93. The Labute approximate surface area is 126 Å². The third kappa shape index (κ3) is 2.67. The van der Waals surface area contributed by atoms with Crippen LogP contribution in [0.3, 0.4) is 0 Å². The minimum absolute atomic E-state index is 0.0221. The van der Waals surface area contributed by atoms with E-state index in [-0.39, 0.29) is 5.12 Å². The molecule has 0 aliphatic heterocycles. The first kappa shape index (κ1) is 13.1. The van der Waals surface area contributed by atoms with Crippen molar-refractivity contribution in [3.05, 3.63) is 45.8 Å². The number of thiophene rings is 1. The van der Waals surface area contributed by atoms with E-state index < -0.39 is 0 Å². The molecule has 1 aromatic carbocycles. The lowest BCUT2D eigenvalue weighted by atomic mass is 10.2. The monoisotopic (exact) mass is 326 g/mol. The molecule has 19 heavy (non-hydrogen) atoms. The molecule has 3 nitrogen and oxygen atoms in total. The van der Waals surface area contributed by atoms with Crippen molar-refractivity contribution in [3.8, 4) is 0 Å². The van der Waals surface area contributed by atoms with Crippen LogP contribution >= 0.6 is 46.2 Å². The average molecular weight is 327 g/mol. The fourth-order valence-corrected chi connectivity index (χ4v) is 4.78. The first-order valence-corrected chi connectivity index (χ1v) is 8.32. The van der Waals surface area contributed by atoms with Gasteiger partial charge in [0.25, 0.3) is 0 Å². The highest BCUT2D eigenvalue weighted by Gasteiger charge is 2.20. The van der Waals surface area contributed by atoms with Gasteiger partial charge in [0, 0.05) is 5.75 Å². The molecule has 0 saturated carbocycles. The molecule has 0 radical (unpaired) electrons. The number of aromatic nitrogens is 2. The number of hydrogen-bond donors (Lipinski definition) is 0. The highest BCUT2D eigenvalue weighted by Crippen LogP contribution is 2.38. The number of halogens is 1. The first-order chi connectivity index (χ1) is 9.25. The van der Waals surface area contributed by atoms with E-state index in [0.717, 1.165) is 15.1 Å². The molecular formula is C12H7ClN2OS3. The summed E-state index contributed by atoms with van der Waals surface area (Å²) in [6.45, 7) is 0. The molecule has 0 bridgehead atoms. The largest absolute Gasteiger partial charge is 0.281 e. The molecule has 7 heteroatoms. The summed E-state index contributed by atoms with van der Waals surface area (Å²) in [4.78, 5) is 13.0. The standard InChI is InChI=1S/C12H7ClN2OS3/c13-10-8(9-11(18-10)14-15-19-9)12(16)17-6-7-4-2-1-3-5-7/h1-5H,6H2. The van der Waals surface area contributed by atoms with Crippen molar-refractivity contribution in [1.29, 1.82) is 0 Å². The maximum Gasteiger partial charge on any atom is 0.223 e. The summed E-state index contributed by atoms with van der Waals surface area (Å²) in [7, 11) is 0. The zero-order valence-corrected chi connectivity index (χ0v) is 12.7. The zero-order chi connectivity index (χ0) is 13.2. The number of carbonyl (C=O) groups excluding carboxylic acids is 1. The number of fused-ring (bicyclic) bond motifs is 1. The van der Waals surface area contributed by atoms with Crippen LogP contribution in [0.15, 0.2) is 30.3 Å². The van der Waals surface area contributed by atoms with E-state index in [2.05, 4.69) is 9.59 Å². The average Bonchev–Trinajstić information content (AvgIpc) is 2.97. The number of benzene rings is 1. The van der Waals surface area contributed by atoms with Gasteiger partial charge in [-0.05, 0) is 17.1 Å². The Hall–Kier alpha value is -0.950. The lowest BCUT2D eigenvalue weighted by Gasteiger charge is -2.00. The van der Waals surface area contributed by atoms with Crippen molar-refractivity contribution in [1.82, 2.24) is 9.59 Å². The van der Waals surface area contributed by atoms with Crippen LogP contribution in [0.25, 0.3) is 9.53 Å². The van der Waals surface area contributed by atoms with Gasteiger partial charge in [-0.25, -0.2) is 0 Å². The molecule has 0 saturated heterocycles. The number of carbonyl (C=O) groups is 1. The molecule has 0 N–H and O–H groups in total. The maximum atomic E-state index is 12.2. The third-order valence-electron chi connectivity index (χ3n) is 2.48. The molecule has 0 spiro atoms. The Morgan fingerprint density at radius 2 is 2.11 bits per heavy atom. The zero-order valence-electron chi connectivity index (χ0n) is 9.50. The van der Waals surface area contributed by atoms with Gasteiger partial charge in [0.15, 0.2) is 4.83 Å². The molecule has 0 amide bonds. The second-order valence-corrected chi connectivity index (χ2v) is 7.02. The number of hydrogen-bond acceptors (Lipinski definition) is 6. The van der Waals surface area contributed by atoms with E-state index >= 15 is 0 Å². The van der Waals surface area contributed by atoms with Crippen molar-refractivity contribution >= 4 is 60.9 Å². The molecule has 0 unspecified atom stereocenters. The smallest absolute Gasteiger partial charge is 0.223 e. The first-order valence-electron chi connectivity index (χ1n) is 5.37. The second-order valence-electron chi connectivity index (χ2n) is 3.72. The predicted octanol–water partition coefficient (Wildman–Crippen LogP) is 4.48. The molecule has 3 aromatic rings. The summed E-state index contributed by atoms with van der Waals surface area (Å²) in [5, 5.41) is 3.92. The van der Waals surface area contributed by atoms with E-state index in [1.807, 2.05) is 30.3 Å². The highest BCUT2D eigenvalue weighted by molar-refractivity contribution is 8.13. The minimum Gasteiger partial charge on any atom is -0.281 e. The van der Waals surface area contributed by atoms with Crippen LogP contribution in [0.5, 0.6) is 0 Å². The fourth-order valence-electron chi connectivity index (χ4n) is 1.60. The Balaban J connectivity index is 1.80. The van der Waals surface area contributed by atoms with Gasteiger partial charge in [-0.15, -0.1) is 5.10 Å². The van der Waals surface area contributed by atoms with Gasteiger partial charge in [0.05, 0.1) is 10.3 Å². The van der Waals surface area contributed by atoms with Gasteiger partial charge in [-0.3, -0.25) is 4.79 Å². The Kier molecular flexibility index (Phi) is 3.83. The molecular weight excluding hydrogens is 320 g/mol. The molecule has 0 atom stereocenters. The quantitative estimate of drug-likeness (QED) is 0.711. The van der Waals surface area contributed by atoms with Gasteiger partial charge in [-0.1, -0.05) is 69.5 Å². The Bertz CT molecular complexity index is 723. The van der Waals surface area contributed by atoms with Gasteiger partial charge in [0.1, 0.15) is 4.34 Å². The third-order valence-corrected chi connectivity index (χ3v) is 5.58. The van der Waals surface area contributed by atoms with Crippen molar-refractivity contribution < 1.29 is 4.79 Å². The molecule has 96 valence electrons. The number of thioether (sulfide) groups is 1. The van der Waals surface area contributed by atoms with E-state index in [1.54, 1.807) is 0 Å². The Morgan fingerprint density at radius 1 is 1.32 bits per heavy atom. The topological polar surface area (TPSA) is 42.9 Å². The second kappa shape index (κ2) is 5.58. The summed E-state index contributed by atoms with van der Waals surface area (Å²) >= 11 is 9.88. The molecule has 2 aromatic heterocycles. The Morgan fingerprint density at radius 3 is 2.89 bits per heavy atom. The van der Waals surface area contributed by atoms with Crippen LogP contribution in [-0.4, -0.2) is 14.7 Å². The van der Waals surface area contributed by atoms with Gasteiger partial charge >= 0.3 is 0 Å². The van der Waals surface area contributed by atoms with E-state index in [4.69, 9.17) is 11.6 Å². The summed E-state index contributed by atoms with van der Waals surface area (Å²) in [5.74, 6) is 0.638. The van der Waals surface area contributed by atoms with Crippen LogP contribution < -0.4 is 0 Å². The van der Waals surface area contributed by atoms with Crippen LogP contribution in [0.1, 0.15) is 15.9 Å². The molecule has 2 heterocycles. The van der Waals surface area contributed by atoms with Crippen LogP contribution in [0.2, 0.25) is 4.34 Å². The summed E-state index contributed by atoms with van der Waals surface area (Å²) in [6, 6.07) is 9.88. The van der Waals surface area contributed by atoms with Crippen LogP contribution in [-0.2, 0) is 5.75 Å². The van der Waals surface area contributed by atoms with Crippen LogP contribution in [0, 0.1) is 0 Å². The fraction of sp³-hybridized carbons (Fsp3) is 0.0833. The maximum absolute atomic E-state index is 12.2. The van der Waals surface area contributed by atoms with Crippen molar-refractivity contribution in [2.45, 2.75) is 5.75 Å². The lowest BCUT2D eigenvalue weighted by molar-refractivity contribution is 0.109. The van der Waals surface area contributed by atoms with Crippen molar-refractivity contribution in [2.24, 2.45) is 0 Å². The molecule has 0 fully saturated rings. The van der Waals surface area contributed by atoms with Crippen molar-refractivity contribution in [3.63, 3.8) is 0 Å². The van der Waals surface area contributed by atoms with Crippen LogP contribution in [0.4, 0.5) is 0 Å². The van der Waals surface area contributed by atoms with E-state index in [9.17, 15) is 4.79 Å². The summed E-state index contributed by atoms with van der Waals surface area (Å²) in [5.41, 5.74) is 1.67. The van der Waals surface area contributed by atoms with Gasteiger partial charge in [0.2, 0.25) is 5.12 Å². The normalized spacial score (nSPS) is 11.0. The SMILES string of the molecule is O=C(SCc1ccccc1)c1c(Cl)sc2nnsc12. The van der Waals surface area contributed by atoms with E-state index in [1.165, 1.54) is 34.6 Å².